The van der Waals surface area contributed by atoms with E-state index in [4.69, 9.17) is 24.2 Å². The molecule has 5 rings (SSSR count). The van der Waals surface area contributed by atoms with Crippen molar-refractivity contribution in [3.63, 3.8) is 0 Å². The number of amides is 1. The average molecular weight is 533 g/mol. The molecule has 10 heteroatoms. The summed E-state index contributed by atoms with van der Waals surface area (Å²) >= 11 is 0. The molecule has 0 unspecified atom stereocenters. The maximum absolute atomic E-state index is 12.8. The summed E-state index contributed by atoms with van der Waals surface area (Å²) in [5.74, 6) is 1.19. The lowest BCUT2D eigenvalue weighted by atomic mass is 10.1. The second kappa shape index (κ2) is 10.3. The fourth-order valence-electron chi connectivity index (χ4n) is 5.15. The summed E-state index contributed by atoms with van der Waals surface area (Å²) in [5.41, 5.74) is 2.99. The van der Waals surface area contributed by atoms with E-state index in [1.54, 1.807) is 11.8 Å². The van der Waals surface area contributed by atoms with Gasteiger partial charge in [-0.25, -0.2) is 14.8 Å². The minimum absolute atomic E-state index is 0.00541. The molecule has 1 amide bonds. The van der Waals surface area contributed by atoms with Crippen LogP contribution in [0.2, 0.25) is 0 Å². The Hall–Kier alpha value is -3.92. The summed E-state index contributed by atoms with van der Waals surface area (Å²) in [6, 6.07) is 10.1. The van der Waals surface area contributed by atoms with Crippen LogP contribution in [0.1, 0.15) is 34.6 Å². The molecule has 0 aliphatic carbocycles. The molecule has 2 aromatic carbocycles. The van der Waals surface area contributed by atoms with Crippen molar-refractivity contribution < 1.29 is 19.0 Å². The minimum atomic E-state index is -0.523. The first-order valence-electron chi connectivity index (χ1n) is 13.1. The number of carbonyl (C=O) groups excluding carboxylic acids is 1. The van der Waals surface area contributed by atoms with E-state index in [2.05, 4.69) is 36.0 Å². The third-order valence-corrected chi connectivity index (χ3v) is 6.75. The van der Waals surface area contributed by atoms with E-state index in [0.717, 1.165) is 33.1 Å². The number of anilines is 1. The topological polar surface area (TPSA) is 94.8 Å². The lowest BCUT2D eigenvalue weighted by molar-refractivity contribution is 0.00566. The molecule has 0 spiro atoms. The standard InChI is InChI=1S/C29H36N6O4/c1-18-14-34(15-19(2)35(18)28(36)39-29(3,4)5)22-8-9-24-20(10-22)13-30-27(31-24)23-11-21-16-33(6)32-25(21)12-26(23)38-17-37-7/h8-13,16,18-19H,14-15,17H2,1-7H3/t18-,19-/m0/s1. The largest absolute Gasteiger partial charge is 0.467 e. The number of ether oxygens (including phenoxy) is 3. The second-order valence-corrected chi connectivity index (χ2v) is 11.2. The van der Waals surface area contributed by atoms with Crippen molar-refractivity contribution in [1.29, 1.82) is 0 Å². The van der Waals surface area contributed by atoms with Crippen LogP contribution in [0.4, 0.5) is 10.5 Å². The Bertz CT molecular complexity index is 1500. The number of piperazine rings is 1. The van der Waals surface area contributed by atoms with Gasteiger partial charge in [-0.05, 0) is 58.9 Å². The molecule has 1 aliphatic heterocycles. The summed E-state index contributed by atoms with van der Waals surface area (Å²) in [6.07, 6.45) is 3.54. The number of hydrogen-bond acceptors (Lipinski definition) is 8. The van der Waals surface area contributed by atoms with Gasteiger partial charge in [0.15, 0.2) is 12.6 Å². The van der Waals surface area contributed by atoms with E-state index >= 15 is 0 Å². The molecule has 3 heterocycles. The van der Waals surface area contributed by atoms with E-state index in [0.29, 0.717) is 24.7 Å². The van der Waals surface area contributed by atoms with Crippen molar-refractivity contribution in [3.8, 4) is 17.1 Å². The quantitative estimate of drug-likeness (QED) is 0.332. The van der Waals surface area contributed by atoms with E-state index < -0.39 is 5.60 Å². The molecule has 1 saturated heterocycles. The maximum atomic E-state index is 12.8. The number of aryl methyl sites for hydroxylation is 1. The molecule has 0 N–H and O–H groups in total. The molecule has 2 aromatic heterocycles. The van der Waals surface area contributed by atoms with Gasteiger partial charge in [0.1, 0.15) is 11.4 Å². The zero-order valence-corrected chi connectivity index (χ0v) is 23.6. The van der Waals surface area contributed by atoms with Crippen molar-refractivity contribution in [2.24, 2.45) is 7.05 Å². The van der Waals surface area contributed by atoms with Crippen molar-refractivity contribution >= 4 is 33.6 Å². The van der Waals surface area contributed by atoms with Crippen molar-refractivity contribution in [2.75, 3.05) is 31.9 Å². The Labute approximate surface area is 228 Å². The molecular weight excluding hydrogens is 496 g/mol. The SMILES string of the molecule is COCOc1cc2nn(C)cc2cc1-c1ncc2cc(N3C[C@H](C)N(C(=O)OC(C)(C)C)[C@@H](C)C3)ccc2n1. The molecule has 1 aliphatic rings. The number of methoxy groups -OCH3 is 1. The molecule has 0 radical (unpaired) electrons. The van der Waals surface area contributed by atoms with Crippen LogP contribution in [0, 0.1) is 0 Å². The van der Waals surface area contributed by atoms with Gasteiger partial charge in [0.25, 0.3) is 0 Å². The van der Waals surface area contributed by atoms with Gasteiger partial charge in [0.2, 0.25) is 0 Å². The molecule has 4 aromatic rings. The van der Waals surface area contributed by atoms with Crippen LogP contribution in [0.3, 0.4) is 0 Å². The van der Waals surface area contributed by atoms with Gasteiger partial charge in [0, 0.05) is 62.2 Å². The van der Waals surface area contributed by atoms with Crippen LogP contribution < -0.4 is 9.64 Å². The predicted octanol–water partition coefficient (Wildman–Crippen LogP) is 5.00. The fourth-order valence-corrected chi connectivity index (χ4v) is 5.15. The highest BCUT2D eigenvalue weighted by atomic mass is 16.7. The minimum Gasteiger partial charge on any atom is -0.467 e. The molecule has 10 nitrogen and oxygen atoms in total. The Morgan fingerprint density at radius 2 is 1.79 bits per heavy atom. The number of hydrogen-bond donors (Lipinski definition) is 0. The molecular formula is C29H36N6O4. The molecule has 0 saturated carbocycles. The van der Waals surface area contributed by atoms with Gasteiger partial charge >= 0.3 is 6.09 Å². The lowest BCUT2D eigenvalue weighted by Gasteiger charge is -2.45. The van der Waals surface area contributed by atoms with Gasteiger partial charge in [-0.3, -0.25) is 9.58 Å². The Kier molecular flexibility index (Phi) is 7.07. The average Bonchev–Trinajstić information content (AvgIpc) is 3.23. The van der Waals surface area contributed by atoms with Gasteiger partial charge < -0.3 is 19.1 Å². The van der Waals surface area contributed by atoms with Gasteiger partial charge in [-0.2, -0.15) is 5.10 Å². The van der Waals surface area contributed by atoms with Crippen molar-refractivity contribution in [3.05, 3.63) is 42.7 Å². The molecule has 39 heavy (non-hydrogen) atoms. The first-order valence-corrected chi connectivity index (χ1v) is 13.1. The van der Waals surface area contributed by atoms with Gasteiger partial charge in [0.05, 0.1) is 28.7 Å². The fraction of sp³-hybridized carbons (Fsp3) is 0.448. The number of carbonyl (C=O) groups is 1. The highest BCUT2D eigenvalue weighted by Crippen LogP contribution is 2.34. The van der Waals surface area contributed by atoms with Crippen LogP contribution in [-0.2, 0) is 16.5 Å². The maximum Gasteiger partial charge on any atom is 0.410 e. The summed E-state index contributed by atoms with van der Waals surface area (Å²) in [7, 11) is 3.47. The van der Waals surface area contributed by atoms with E-state index in [-0.39, 0.29) is 25.0 Å². The highest BCUT2D eigenvalue weighted by Gasteiger charge is 2.35. The smallest absolute Gasteiger partial charge is 0.410 e. The van der Waals surface area contributed by atoms with E-state index in [1.807, 2.05) is 63.3 Å². The Morgan fingerprint density at radius 3 is 2.49 bits per heavy atom. The lowest BCUT2D eigenvalue weighted by Crippen LogP contribution is -2.59. The molecule has 0 bridgehead atoms. The van der Waals surface area contributed by atoms with Crippen molar-refractivity contribution in [1.82, 2.24) is 24.6 Å². The zero-order chi connectivity index (χ0) is 27.9. The van der Waals surface area contributed by atoms with E-state index in [9.17, 15) is 4.79 Å². The van der Waals surface area contributed by atoms with Crippen molar-refractivity contribution in [2.45, 2.75) is 52.3 Å². The van der Waals surface area contributed by atoms with Crippen LogP contribution in [0.5, 0.6) is 5.75 Å². The Morgan fingerprint density at radius 1 is 1.05 bits per heavy atom. The first-order chi connectivity index (χ1) is 18.5. The molecule has 206 valence electrons. The zero-order valence-electron chi connectivity index (χ0n) is 23.6. The second-order valence-electron chi connectivity index (χ2n) is 11.2. The number of fused-ring (bicyclic) bond motifs is 2. The van der Waals surface area contributed by atoms with Gasteiger partial charge in [-0.1, -0.05) is 0 Å². The number of rotatable bonds is 5. The monoisotopic (exact) mass is 532 g/mol. The summed E-state index contributed by atoms with van der Waals surface area (Å²) in [4.78, 5) is 26.5. The van der Waals surface area contributed by atoms with Crippen LogP contribution in [0.25, 0.3) is 33.2 Å². The predicted molar refractivity (Wildman–Crippen MR) is 151 cm³/mol. The third-order valence-electron chi connectivity index (χ3n) is 6.75. The molecule has 2 atom stereocenters. The van der Waals surface area contributed by atoms with Crippen LogP contribution in [0.15, 0.2) is 42.7 Å². The number of aromatic nitrogens is 4. The van der Waals surface area contributed by atoms with Gasteiger partial charge in [-0.15, -0.1) is 0 Å². The van der Waals surface area contributed by atoms with Crippen LogP contribution >= 0.6 is 0 Å². The highest BCUT2D eigenvalue weighted by molar-refractivity contribution is 5.89. The Balaban J connectivity index is 1.41. The molecule has 1 fully saturated rings. The van der Waals surface area contributed by atoms with Crippen LogP contribution in [-0.4, -0.2) is 75.4 Å². The number of benzene rings is 2. The first kappa shape index (κ1) is 26.7. The summed E-state index contributed by atoms with van der Waals surface area (Å²) < 4.78 is 18.4. The van der Waals surface area contributed by atoms with E-state index in [1.165, 1.54) is 0 Å². The summed E-state index contributed by atoms with van der Waals surface area (Å²) in [6.45, 7) is 11.3. The normalized spacial score (nSPS) is 18.1. The number of nitrogens with zero attached hydrogens (tertiary/aromatic N) is 6. The summed E-state index contributed by atoms with van der Waals surface area (Å²) in [5, 5.41) is 6.40. The third kappa shape index (κ3) is 5.61.